The van der Waals surface area contributed by atoms with Gasteiger partial charge in [0.25, 0.3) is 0 Å². The molecule has 0 radical (unpaired) electrons. The van der Waals surface area contributed by atoms with Crippen molar-refractivity contribution in [3.8, 4) is 17.2 Å². The van der Waals surface area contributed by atoms with Crippen LogP contribution in [-0.4, -0.2) is 34.5 Å². The zero-order valence-corrected chi connectivity index (χ0v) is 20.6. The number of carboxylic acid groups (broad SMARTS) is 1. The average Bonchev–Trinajstić information content (AvgIpc) is 3.56. The van der Waals surface area contributed by atoms with Crippen molar-refractivity contribution in [2.24, 2.45) is 0 Å². The minimum absolute atomic E-state index is 0.193. The zero-order valence-electron chi connectivity index (χ0n) is 20.6. The smallest absolute Gasteiger partial charge is 0.326 e. The highest BCUT2D eigenvalue weighted by atomic mass is 16.5. The summed E-state index contributed by atoms with van der Waals surface area (Å²) in [6.07, 6.45) is 3.56. The SMILES string of the molecule is CC(=CC(=O)c1ccco1)N[C@@H](Cc1ccc(OCCc2nc(-c3ccccc3)oc2C)cc1)C(=O)O. The number of rotatable bonds is 12. The monoisotopic (exact) mass is 500 g/mol. The van der Waals surface area contributed by atoms with Crippen molar-refractivity contribution in [3.63, 3.8) is 0 Å². The number of aromatic nitrogens is 1. The van der Waals surface area contributed by atoms with Crippen LogP contribution in [0.1, 0.15) is 34.5 Å². The van der Waals surface area contributed by atoms with Gasteiger partial charge in [0.05, 0.1) is 18.6 Å². The predicted octanol–water partition coefficient (Wildman–Crippen LogP) is 5.24. The fourth-order valence-electron chi connectivity index (χ4n) is 3.79. The minimum Gasteiger partial charge on any atom is -0.493 e. The summed E-state index contributed by atoms with van der Waals surface area (Å²) in [6, 6.07) is 19.3. The number of aliphatic carboxylic acids is 1. The molecule has 0 saturated heterocycles. The first-order valence-corrected chi connectivity index (χ1v) is 11.9. The number of ketones is 1. The lowest BCUT2D eigenvalue weighted by Gasteiger charge is -2.16. The number of allylic oxidation sites excluding steroid dienone is 2. The van der Waals surface area contributed by atoms with E-state index < -0.39 is 12.0 Å². The van der Waals surface area contributed by atoms with E-state index in [9.17, 15) is 14.7 Å². The number of ether oxygens (including phenoxy) is 1. The molecule has 0 bridgehead atoms. The normalized spacial score (nSPS) is 12.2. The summed E-state index contributed by atoms with van der Waals surface area (Å²) >= 11 is 0. The summed E-state index contributed by atoms with van der Waals surface area (Å²) in [6.45, 7) is 3.96. The first-order chi connectivity index (χ1) is 17.9. The summed E-state index contributed by atoms with van der Waals surface area (Å²) in [5.41, 5.74) is 3.03. The second kappa shape index (κ2) is 11.9. The Labute approximate surface area is 214 Å². The van der Waals surface area contributed by atoms with Gasteiger partial charge in [0, 0.05) is 30.2 Å². The Hall–Kier alpha value is -4.59. The van der Waals surface area contributed by atoms with Crippen molar-refractivity contribution in [1.29, 1.82) is 0 Å². The highest BCUT2D eigenvalue weighted by molar-refractivity contribution is 6.02. The fourth-order valence-corrected chi connectivity index (χ4v) is 3.79. The van der Waals surface area contributed by atoms with Crippen LogP contribution in [0.3, 0.4) is 0 Å². The molecule has 2 N–H and O–H groups in total. The van der Waals surface area contributed by atoms with Crippen molar-refractivity contribution in [2.75, 3.05) is 6.61 Å². The number of hydrogen-bond acceptors (Lipinski definition) is 7. The lowest BCUT2D eigenvalue weighted by molar-refractivity contribution is -0.139. The Bertz CT molecular complexity index is 1360. The minimum atomic E-state index is -1.02. The molecule has 8 nitrogen and oxygen atoms in total. The largest absolute Gasteiger partial charge is 0.493 e. The number of carbonyl (C=O) groups excluding carboxylic acids is 1. The summed E-state index contributed by atoms with van der Waals surface area (Å²) in [5, 5.41) is 12.5. The Balaban J connectivity index is 1.30. The Morgan fingerprint density at radius 3 is 2.51 bits per heavy atom. The fraction of sp³-hybridized carbons (Fsp3) is 0.207. The van der Waals surface area contributed by atoms with E-state index in [0.29, 0.717) is 30.4 Å². The van der Waals surface area contributed by atoms with Crippen LogP contribution in [0.15, 0.2) is 93.6 Å². The number of carbonyl (C=O) groups is 2. The molecule has 0 saturated carbocycles. The van der Waals surface area contributed by atoms with Crippen molar-refractivity contribution < 1.29 is 28.3 Å². The van der Waals surface area contributed by atoms with Crippen LogP contribution in [0.4, 0.5) is 0 Å². The van der Waals surface area contributed by atoms with Gasteiger partial charge in [0.1, 0.15) is 17.6 Å². The molecule has 1 atom stereocenters. The molecule has 8 heteroatoms. The first kappa shape index (κ1) is 25.5. The van der Waals surface area contributed by atoms with Crippen LogP contribution < -0.4 is 10.1 Å². The second-order valence-corrected chi connectivity index (χ2v) is 8.54. The van der Waals surface area contributed by atoms with Gasteiger partial charge >= 0.3 is 5.97 Å². The molecule has 4 aromatic rings. The maximum absolute atomic E-state index is 12.1. The van der Waals surface area contributed by atoms with Crippen molar-refractivity contribution in [2.45, 2.75) is 32.7 Å². The van der Waals surface area contributed by atoms with Crippen LogP contribution in [-0.2, 0) is 17.6 Å². The molecule has 37 heavy (non-hydrogen) atoms. The van der Waals surface area contributed by atoms with E-state index in [1.165, 1.54) is 12.3 Å². The molecule has 0 aliphatic rings. The second-order valence-electron chi connectivity index (χ2n) is 8.54. The molecule has 2 aromatic carbocycles. The highest BCUT2D eigenvalue weighted by Crippen LogP contribution is 2.22. The van der Waals surface area contributed by atoms with Gasteiger partial charge in [-0.1, -0.05) is 30.3 Å². The van der Waals surface area contributed by atoms with Gasteiger partial charge in [-0.2, -0.15) is 0 Å². The van der Waals surface area contributed by atoms with Crippen molar-refractivity contribution >= 4 is 11.8 Å². The number of nitrogens with one attached hydrogen (secondary N) is 1. The van der Waals surface area contributed by atoms with E-state index in [1.807, 2.05) is 61.5 Å². The lowest BCUT2D eigenvalue weighted by atomic mass is 10.1. The number of oxazole rings is 1. The number of carboxylic acids is 1. The molecule has 0 amide bonds. The van der Waals surface area contributed by atoms with Crippen LogP contribution >= 0.6 is 0 Å². The van der Waals surface area contributed by atoms with Crippen LogP contribution in [0.2, 0.25) is 0 Å². The lowest BCUT2D eigenvalue weighted by Crippen LogP contribution is -2.37. The number of benzene rings is 2. The maximum atomic E-state index is 12.1. The Morgan fingerprint density at radius 2 is 1.84 bits per heavy atom. The molecular formula is C29H28N2O6. The predicted molar refractivity (Wildman–Crippen MR) is 137 cm³/mol. The maximum Gasteiger partial charge on any atom is 0.326 e. The number of nitrogens with zero attached hydrogens (tertiary/aromatic N) is 1. The molecular weight excluding hydrogens is 472 g/mol. The van der Waals surface area contributed by atoms with Gasteiger partial charge < -0.3 is 24.0 Å². The van der Waals surface area contributed by atoms with Crippen molar-refractivity contribution in [1.82, 2.24) is 10.3 Å². The highest BCUT2D eigenvalue weighted by Gasteiger charge is 2.19. The summed E-state index contributed by atoms with van der Waals surface area (Å²) in [7, 11) is 0. The topological polar surface area (TPSA) is 115 Å². The number of aryl methyl sites for hydroxylation is 1. The average molecular weight is 501 g/mol. The summed E-state index contributed by atoms with van der Waals surface area (Å²) < 4.78 is 16.7. The van der Waals surface area contributed by atoms with E-state index in [-0.39, 0.29) is 18.0 Å². The molecule has 4 rings (SSSR count). The third-order valence-electron chi connectivity index (χ3n) is 5.70. The molecule has 0 aliphatic carbocycles. The number of furan rings is 1. The molecule has 0 unspecified atom stereocenters. The molecule has 190 valence electrons. The molecule has 0 aliphatic heterocycles. The summed E-state index contributed by atoms with van der Waals surface area (Å²) in [5.74, 6) is 0.871. The Morgan fingerprint density at radius 1 is 1.08 bits per heavy atom. The zero-order chi connectivity index (χ0) is 26.2. The van der Waals surface area contributed by atoms with E-state index >= 15 is 0 Å². The van der Waals surface area contributed by atoms with Crippen molar-refractivity contribution in [3.05, 3.63) is 108 Å². The molecule has 2 heterocycles. The van der Waals surface area contributed by atoms with Gasteiger partial charge in [-0.05, 0) is 55.8 Å². The molecule has 0 spiro atoms. The van der Waals surface area contributed by atoms with Gasteiger partial charge in [0.15, 0.2) is 5.76 Å². The third-order valence-corrected chi connectivity index (χ3v) is 5.70. The van der Waals surface area contributed by atoms with Crippen LogP contribution in [0.5, 0.6) is 5.75 Å². The van der Waals surface area contributed by atoms with Gasteiger partial charge in [0.2, 0.25) is 11.7 Å². The Kier molecular flexibility index (Phi) is 8.20. The summed E-state index contributed by atoms with van der Waals surface area (Å²) in [4.78, 5) is 28.5. The third kappa shape index (κ3) is 6.98. The van der Waals surface area contributed by atoms with E-state index in [0.717, 1.165) is 22.6 Å². The van der Waals surface area contributed by atoms with Gasteiger partial charge in [-0.3, -0.25) is 4.79 Å². The van der Waals surface area contributed by atoms with Crippen LogP contribution in [0.25, 0.3) is 11.5 Å². The van der Waals surface area contributed by atoms with E-state index in [1.54, 1.807) is 19.1 Å². The van der Waals surface area contributed by atoms with E-state index in [2.05, 4.69) is 10.3 Å². The molecule has 0 fully saturated rings. The standard InChI is InChI=1S/C29H28N2O6/c1-19(17-26(32)27-9-6-15-36-27)30-25(29(33)34)18-21-10-12-23(13-11-21)35-16-14-24-20(2)37-28(31-24)22-7-4-3-5-8-22/h3-13,15,17,25,30H,14,16,18H2,1-2H3,(H,33,34)/t25-/m0/s1. The van der Waals surface area contributed by atoms with E-state index in [4.69, 9.17) is 13.6 Å². The quantitative estimate of drug-likeness (QED) is 0.201. The van der Waals surface area contributed by atoms with Gasteiger partial charge in [-0.15, -0.1) is 0 Å². The van der Waals surface area contributed by atoms with Gasteiger partial charge in [-0.25, -0.2) is 9.78 Å². The number of hydrogen-bond donors (Lipinski definition) is 2. The molecule has 2 aromatic heterocycles. The van der Waals surface area contributed by atoms with Crippen LogP contribution in [0, 0.1) is 6.92 Å². The first-order valence-electron chi connectivity index (χ1n) is 11.9.